The normalized spacial score (nSPS) is 17.3. The van der Waals surface area contributed by atoms with Crippen molar-refractivity contribution in [2.24, 2.45) is 5.92 Å². The van der Waals surface area contributed by atoms with Crippen molar-refractivity contribution in [3.63, 3.8) is 0 Å². The van der Waals surface area contributed by atoms with Gasteiger partial charge in [0.2, 0.25) is 0 Å². The van der Waals surface area contributed by atoms with Gasteiger partial charge in [0.25, 0.3) is 11.8 Å². The van der Waals surface area contributed by atoms with Crippen molar-refractivity contribution in [2.45, 2.75) is 57.3 Å². The summed E-state index contributed by atoms with van der Waals surface area (Å²) in [6.07, 6.45) is 1.86. The van der Waals surface area contributed by atoms with Crippen LogP contribution in [0.1, 0.15) is 57.9 Å². The Balaban J connectivity index is 1.27. The van der Waals surface area contributed by atoms with Gasteiger partial charge in [-0.3, -0.25) is 9.59 Å². The maximum Gasteiger partial charge on any atom is 0.422 e. The number of aromatic nitrogens is 2. The van der Waals surface area contributed by atoms with E-state index < -0.39 is 18.7 Å². The van der Waals surface area contributed by atoms with E-state index in [1.165, 1.54) is 25.2 Å². The largest absolute Gasteiger partial charge is 0.484 e. The number of carbonyl (C=O) groups excluding carboxylic acids is 2. The summed E-state index contributed by atoms with van der Waals surface area (Å²) in [7, 11) is 0. The number of aryl methyl sites for hydroxylation is 2. The highest BCUT2D eigenvalue weighted by Gasteiger charge is 2.33. The number of hydrogen-bond acceptors (Lipinski definition) is 5. The summed E-state index contributed by atoms with van der Waals surface area (Å²) in [6.45, 7) is -0.756. The average Bonchev–Trinajstić information content (AvgIpc) is 3.38. The van der Waals surface area contributed by atoms with Crippen LogP contribution < -0.4 is 15.4 Å². The van der Waals surface area contributed by atoms with E-state index in [1.807, 2.05) is 6.07 Å². The van der Waals surface area contributed by atoms with Crippen LogP contribution in [-0.4, -0.2) is 40.4 Å². The fourth-order valence-corrected chi connectivity index (χ4v) is 4.48. The highest BCUT2D eigenvalue weighted by molar-refractivity contribution is 6.08. The van der Waals surface area contributed by atoms with E-state index in [0.29, 0.717) is 48.8 Å². The molecule has 0 saturated heterocycles. The van der Waals surface area contributed by atoms with Crippen LogP contribution in [0.5, 0.6) is 5.75 Å². The van der Waals surface area contributed by atoms with Crippen LogP contribution in [0.2, 0.25) is 0 Å². The number of benzene rings is 1. The van der Waals surface area contributed by atoms with Gasteiger partial charge in [0.05, 0.1) is 12.0 Å². The van der Waals surface area contributed by atoms with Gasteiger partial charge in [0, 0.05) is 19.0 Å². The molecule has 0 radical (unpaired) electrons. The highest BCUT2D eigenvalue weighted by Crippen LogP contribution is 2.34. The lowest BCUT2D eigenvalue weighted by Crippen LogP contribution is -2.41. The Hall–Kier alpha value is -3.76. The minimum atomic E-state index is -4.40. The zero-order valence-corrected chi connectivity index (χ0v) is 20.0. The third kappa shape index (κ3) is 6.33. The summed E-state index contributed by atoms with van der Waals surface area (Å²) in [6, 6.07) is 9.48. The van der Waals surface area contributed by atoms with Gasteiger partial charge in [-0.05, 0) is 55.0 Å². The molecule has 3 aromatic rings. The molecule has 196 valence electrons. The second-order valence-electron chi connectivity index (χ2n) is 9.52. The standard InChI is InChI=1S/C26H27F3N4O4/c27-26(28,29)15-37-19-4-1-3-17(13-19)8-9-18-14-20-22(25(35)30-18)23(31-24(34)21-5-2-12-36-21)33(32-20)11-10-16-6-7-16/h1-5,12-13,16,18H,6-11,14-15H2,(H,30,35)(H,31,34)/t18-/m0/s1. The molecular formula is C26H27F3N4O4. The van der Waals surface area contributed by atoms with Crippen molar-refractivity contribution >= 4 is 17.6 Å². The zero-order chi connectivity index (χ0) is 26.0. The van der Waals surface area contributed by atoms with Crippen LogP contribution in [0.15, 0.2) is 47.1 Å². The van der Waals surface area contributed by atoms with Crippen LogP contribution in [0.4, 0.5) is 19.0 Å². The van der Waals surface area contributed by atoms with Crippen LogP contribution in [0, 0.1) is 5.92 Å². The molecule has 37 heavy (non-hydrogen) atoms. The Labute approximate surface area is 211 Å². The molecule has 2 aromatic heterocycles. The van der Waals surface area contributed by atoms with E-state index in [2.05, 4.69) is 15.7 Å². The van der Waals surface area contributed by atoms with Crippen molar-refractivity contribution in [1.82, 2.24) is 15.1 Å². The first-order valence-corrected chi connectivity index (χ1v) is 12.3. The number of furan rings is 1. The van der Waals surface area contributed by atoms with Gasteiger partial charge < -0.3 is 19.8 Å². The van der Waals surface area contributed by atoms with E-state index in [0.717, 1.165) is 12.0 Å². The van der Waals surface area contributed by atoms with Crippen molar-refractivity contribution in [2.75, 3.05) is 11.9 Å². The van der Waals surface area contributed by atoms with Crippen molar-refractivity contribution in [1.29, 1.82) is 0 Å². The first-order valence-electron chi connectivity index (χ1n) is 12.3. The molecule has 2 N–H and O–H groups in total. The third-order valence-electron chi connectivity index (χ3n) is 6.53. The van der Waals surface area contributed by atoms with Gasteiger partial charge in [-0.1, -0.05) is 25.0 Å². The minimum absolute atomic E-state index is 0.138. The summed E-state index contributed by atoms with van der Waals surface area (Å²) in [5, 5.41) is 10.5. The van der Waals surface area contributed by atoms with E-state index in [4.69, 9.17) is 9.15 Å². The van der Waals surface area contributed by atoms with Gasteiger partial charge in [-0.25, -0.2) is 4.68 Å². The molecule has 1 fully saturated rings. The number of fused-ring (bicyclic) bond motifs is 1. The third-order valence-corrected chi connectivity index (χ3v) is 6.53. The number of halogens is 3. The lowest BCUT2D eigenvalue weighted by molar-refractivity contribution is -0.153. The van der Waals surface area contributed by atoms with Gasteiger partial charge in [-0.15, -0.1) is 0 Å². The Morgan fingerprint density at radius 1 is 1.22 bits per heavy atom. The fraction of sp³-hybridized carbons (Fsp3) is 0.423. The van der Waals surface area contributed by atoms with Gasteiger partial charge in [0.15, 0.2) is 12.4 Å². The second kappa shape index (κ2) is 10.3. The number of nitrogens with zero attached hydrogens (tertiary/aromatic N) is 2. The van der Waals surface area contributed by atoms with E-state index in [1.54, 1.807) is 28.9 Å². The van der Waals surface area contributed by atoms with E-state index in [9.17, 15) is 22.8 Å². The Kier molecular flexibility index (Phi) is 6.94. The number of rotatable bonds is 10. The Morgan fingerprint density at radius 3 is 2.78 bits per heavy atom. The molecule has 0 bridgehead atoms. The molecule has 11 heteroatoms. The molecule has 3 heterocycles. The lowest BCUT2D eigenvalue weighted by atomic mass is 9.96. The van der Waals surface area contributed by atoms with E-state index >= 15 is 0 Å². The first-order chi connectivity index (χ1) is 17.7. The van der Waals surface area contributed by atoms with Crippen LogP contribution in [0.25, 0.3) is 0 Å². The summed E-state index contributed by atoms with van der Waals surface area (Å²) in [5.41, 5.74) is 1.78. The number of alkyl halides is 3. The lowest BCUT2D eigenvalue weighted by Gasteiger charge is -2.23. The maximum absolute atomic E-state index is 13.1. The number of hydrogen-bond donors (Lipinski definition) is 2. The van der Waals surface area contributed by atoms with Crippen LogP contribution in [0.3, 0.4) is 0 Å². The van der Waals surface area contributed by atoms with Crippen LogP contribution >= 0.6 is 0 Å². The molecule has 0 spiro atoms. The highest BCUT2D eigenvalue weighted by atomic mass is 19.4. The zero-order valence-electron chi connectivity index (χ0n) is 20.0. The molecule has 1 aliphatic carbocycles. The first kappa shape index (κ1) is 24.9. The molecule has 1 atom stereocenters. The number of amides is 2. The molecule has 1 aromatic carbocycles. The minimum Gasteiger partial charge on any atom is -0.484 e. The molecule has 1 saturated carbocycles. The number of nitrogens with one attached hydrogen (secondary N) is 2. The molecule has 0 unspecified atom stereocenters. The summed E-state index contributed by atoms with van der Waals surface area (Å²) in [5.74, 6) is 0.522. The molecular weight excluding hydrogens is 489 g/mol. The smallest absolute Gasteiger partial charge is 0.422 e. The molecule has 1 aliphatic heterocycles. The predicted molar refractivity (Wildman–Crippen MR) is 128 cm³/mol. The van der Waals surface area contributed by atoms with Crippen LogP contribution in [-0.2, 0) is 19.4 Å². The second-order valence-corrected chi connectivity index (χ2v) is 9.52. The summed E-state index contributed by atoms with van der Waals surface area (Å²) < 4.78 is 49.1. The average molecular weight is 517 g/mol. The number of ether oxygens (including phenoxy) is 1. The van der Waals surface area contributed by atoms with Gasteiger partial charge >= 0.3 is 6.18 Å². The molecule has 2 amide bonds. The fourth-order valence-electron chi connectivity index (χ4n) is 4.48. The Morgan fingerprint density at radius 2 is 2.05 bits per heavy atom. The van der Waals surface area contributed by atoms with Gasteiger partial charge in [0.1, 0.15) is 17.1 Å². The number of anilines is 1. The summed E-state index contributed by atoms with van der Waals surface area (Å²) in [4.78, 5) is 25.8. The van der Waals surface area contributed by atoms with E-state index in [-0.39, 0.29) is 23.5 Å². The van der Waals surface area contributed by atoms with Crippen molar-refractivity contribution in [3.05, 3.63) is 65.2 Å². The molecule has 5 rings (SSSR count). The van der Waals surface area contributed by atoms with Gasteiger partial charge in [-0.2, -0.15) is 18.3 Å². The SMILES string of the molecule is O=C(Nc1c2c(nn1CCC1CC1)C[C@H](CCc1cccc(OCC(F)(F)F)c1)NC2=O)c1ccco1. The predicted octanol–water partition coefficient (Wildman–Crippen LogP) is 4.76. The molecule has 8 nitrogen and oxygen atoms in total. The summed E-state index contributed by atoms with van der Waals surface area (Å²) >= 11 is 0. The maximum atomic E-state index is 13.1. The number of carbonyl (C=O) groups is 2. The van der Waals surface area contributed by atoms with Crippen molar-refractivity contribution < 1.29 is 31.9 Å². The Bertz CT molecular complexity index is 1270. The topological polar surface area (TPSA) is 98.4 Å². The monoisotopic (exact) mass is 516 g/mol. The van der Waals surface area contributed by atoms with Crippen molar-refractivity contribution in [3.8, 4) is 5.75 Å². The molecule has 2 aliphatic rings. The quantitative estimate of drug-likeness (QED) is 0.405.